The molecular weight excluding hydrogens is 260 g/mol. The first kappa shape index (κ1) is 15.9. The van der Waals surface area contributed by atoms with Crippen LogP contribution in [0.15, 0.2) is 24.3 Å². The highest BCUT2D eigenvalue weighted by Crippen LogP contribution is 2.31. The lowest BCUT2D eigenvalue weighted by Gasteiger charge is -2.35. The Morgan fingerprint density at radius 3 is 2.48 bits per heavy atom. The first-order valence-corrected chi connectivity index (χ1v) is 8.03. The minimum atomic E-state index is 0.144. The number of benzene rings is 1. The van der Waals surface area contributed by atoms with E-state index in [1.54, 1.807) is 19.0 Å². The predicted octanol–water partition coefficient (Wildman–Crippen LogP) is 3.55. The summed E-state index contributed by atoms with van der Waals surface area (Å²) in [6.07, 6.45) is 4.40. The molecule has 0 bridgehead atoms. The van der Waals surface area contributed by atoms with Crippen LogP contribution in [-0.4, -0.2) is 30.9 Å². The van der Waals surface area contributed by atoms with Crippen LogP contribution in [0.2, 0.25) is 0 Å². The van der Waals surface area contributed by atoms with Crippen LogP contribution in [0.1, 0.15) is 38.7 Å². The molecule has 0 radical (unpaired) electrons. The number of nitrogens with zero attached hydrogens (tertiary/aromatic N) is 1. The quantitative estimate of drug-likeness (QED) is 0.919. The van der Waals surface area contributed by atoms with Crippen LogP contribution in [0.5, 0.6) is 0 Å². The summed E-state index contributed by atoms with van der Waals surface area (Å²) in [5.41, 5.74) is 2.24. The number of amides is 1. The highest BCUT2D eigenvalue weighted by molar-refractivity contribution is 5.78. The zero-order valence-corrected chi connectivity index (χ0v) is 13.7. The van der Waals surface area contributed by atoms with Crippen LogP contribution in [0, 0.1) is 11.8 Å². The Morgan fingerprint density at radius 2 is 1.86 bits per heavy atom. The molecule has 21 heavy (non-hydrogen) atoms. The fourth-order valence-corrected chi connectivity index (χ4v) is 3.05. The Labute approximate surface area is 128 Å². The molecule has 3 heteroatoms. The van der Waals surface area contributed by atoms with E-state index in [1.165, 1.54) is 24.9 Å². The summed E-state index contributed by atoms with van der Waals surface area (Å²) >= 11 is 0. The van der Waals surface area contributed by atoms with Crippen molar-refractivity contribution in [3.8, 4) is 0 Å². The Bertz CT molecular complexity index is 467. The smallest absolute Gasteiger partial charge is 0.226 e. The van der Waals surface area contributed by atoms with E-state index in [1.807, 2.05) is 0 Å². The number of anilines is 1. The molecule has 1 N–H and O–H groups in total. The van der Waals surface area contributed by atoms with Gasteiger partial charge in [0.05, 0.1) is 6.42 Å². The largest absolute Gasteiger partial charge is 0.382 e. The SMILES string of the molecule is CC1CCCC(Nc2ccc(CC(=O)N(C)C)cc2)C1C. The zero-order chi connectivity index (χ0) is 15.4. The molecule has 3 nitrogen and oxygen atoms in total. The lowest BCUT2D eigenvalue weighted by Crippen LogP contribution is -2.34. The van der Waals surface area contributed by atoms with Crippen molar-refractivity contribution in [1.29, 1.82) is 0 Å². The van der Waals surface area contributed by atoms with Crippen LogP contribution < -0.4 is 5.32 Å². The Kier molecular flexibility index (Phi) is 5.27. The molecule has 0 aromatic heterocycles. The maximum absolute atomic E-state index is 11.7. The summed E-state index contributed by atoms with van der Waals surface area (Å²) in [5.74, 6) is 1.66. The Morgan fingerprint density at radius 1 is 1.19 bits per heavy atom. The minimum Gasteiger partial charge on any atom is -0.382 e. The molecule has 0 aliphatic heterocycles. The van der Waals surface area contributed by atoms with Gasteiger partial charge in [-0.2, -0.15) is 0 Å². The highest BCUT2D eigenvalue weighted by atomic mass is 16.2. The molecule has 2 rings (SSSR count). The lowest BCUT2D eigenvalue weighted by atomic mass is 9.78. The van der Waals surface area contributed by atoms with Crippen molar-refractivity contribution in [3.63, 3.8) is 0 Å². The number of likely N-dealkylation sites (N-methyl/N-ethyl adjacent to an activating group) is 1. The number of carbonyl (C=O) groups excluding carboxylic acids is 1. The second-order valence-electron chi connectivity index (χ2n) is 6.68. The third kappa shape index (κ3) is 4.23. The first-order chi connectivity index (χ1) is 9.97. The monoisotopic (exact) mass is 288 g/mol. The van der Waals surface area contributed by atoms with Gasteiger partial charge in [0.1, 0.15) is 0 Å². The molecular formula is C18H28N2O. The maximum Gasteiger partial charge on any atom is 0.226 e. The Hall–Kier alpha value is -1.51. The molecule has 0 spiro atoms. The summed E-state index contributed by atoms with van der Waals surface area (Å²) in [7, 11) is 3.59. The zero-order valence-electron chi connectivity index (χ0n) is 13.7. The molecule has 3 atom stereocenters. The fraction of sp³-hybridized carbons (Fsp3) is 0.611. The van der Waals surface area contributed by atoms with Gasteiger partial charge in [-0.25, -0.2) is 0 Å². The third-order valence-electron chi connectivity index (χ3n) is 4.87. The molecule has 1 saturated carbocycles. The summed E-state index contributed by atoms with van der Waals surface area (Å²) in [6.45, 7) is 4.71. The number of hydrogen-bond acceptors (Lipinski definition) is 2. The van der Waals surface area contributed by atoms with Gasteiger partial charge in [0.25, 0.3) is 0 Å². The highest BCUT2D eigenvalue weighted by Gasteiger charge is 2.26. The van der Waals surface area contributed by atoms with E-state index >= 15 is 0 Å². The topological polar surface area (TPSA) is 32.3 Å². The average molecular weight is 288 g/mol. The maximum atomic E-state index is 11.7. The first-order valence-electron chi connectivity index (χ1n) is 8.03. The molecule has 1 aliphatic carbocycles. The van der Waals surface area contributed by atoms with E-state index in [-0.39, 0.29) is 5.91 Å². The van der Waals surface area contributed by atoms with Gasteiger partial charge in [-0.05, 0) is 36.0 Å². The number of rotatable bonds is 4. The van der Waals surface area contributed by atoms with Crippen LogP contribution in [0.25, 0.3) is 0 Å². The van der Waals surface area contributed by atoms with Gasteiger partial charge in [0.2, 0.25) is 5.91 Å². The molecule has 0 heterocycles. The van der Waals surface area contributed by atoms with Crippen molar-refractivity contribution in [2.45, 2.75) is 45.6 Å². The molecule has 1 aromatic rings. The lowest BCUT2D eigenvalue weighted by molar-refractivity contribution is -0.127. The van der Waals surface area contributed by atoms with Crippen molar-refractivity contribution >= 4 is 11.6 Å². The summed E-state index contributed by atoms with van der Waals surface area (Å²) in [6, 6.07) is 8.89. The second kappa shape index (κ2) is 6.97. The van der Waals surface area contributed by atoms with E-state index in [9.17, 15) is 4.79 Å². The van der Waals surface area contributed by atoms with Crippen LogP contribution in [-0.2, 0) is 11.2 Å². The van der Waals surface area contributed by atoms with Crippen LogP contribution in [0.4, 0.5) is 5.69 Å². The summed E-state index contributed by atoms with van der Waals surface area (Å²) < 4.78 is 0. The van der Waals surface area contributed by atoms with E-state index in [2.05, 4.69) is 43.4 Å². The van der Waals surface area contributed by atoms with Gasteiger partial charge in [0, 0.05) is 25.8 Å². The van der Waals surface area contributed by atoms with Crippen LogP contribution >= 0.6 is 0 Å². The normalized spacial score (nSPS) is 25.4. The molecule has 1 fully saturated rings. The number of hydrogen-bond donors (Lipinski definition) is 1. The second-order valence-corrected chi connectivity index (χ2v) is 6.68. The van der Waals surface area contributed by atoms with Gasteiger partial charge in [-0.3, -0.25) is 4.79 Å². The molecule has 116 valence electrons. The third-order valence-corrected chi connectivity index (χ3v) is 4.87. The molecule has 1 aliphatic rings. The van der Waals surface area contributed by atoms with Crippen LogP contribution in [0.3, 0.4) is 0 Å². The van der Waals surface area contributed by atoms with Crippen molar-refractivity contribution in [1.82, 2.24) is 4.90 Å². The predicted molar refractivity (Wildman–Crippen MR) is 88.4 cm³/mol. The minimum absolute atomic E-state index is 0.144. The molecule has 1 aromatic carbocycles. The van der Waals surface area contributed by atoms with Crippen molar-refractivity contribution < 1.29 is 4.79 Å². The van der Waals surface area contributed by atoms with Gasteiger partial charge in [-0.1, -0.05) is 38.8 Å². The van der Waals surface area contributed by atoms with Gasteiger partial charge < -0.3 is 10.2 Å². The summed E-state index contributed by atoms with van der Waals surface area (Å²) in [4.78, 5) is 13.3. The number of carbonyl (C=O) groups is 1. The van der Waals surface area contributed by atoms with Gasteiger partial charge >= 0.3 is 0 Å². The van der Waals surface area contributed by atoms with E-state index in [4.69, 9.17) is 0 Å². The molecule has 3 unspecified atom stereocenters. The number of nitrogens with one attached hydrogen (secondary N) is 1. The van der Waals surface area contributed by atoms with E-state index in [0.717, 1.165) is 11.5 Å². The van der Waals surface area contributed by atoms with E-state index in [0.29, 0.717) is 18.4 Å². The fourth-order valence-electron chi connectivity index (χ4n) is 3.05. The van der Waals surface area contributed by atoms with Crippen molar-refractivity contribution in [3.05, 3.63) is 29.8 Å². The summed E-state index contributed by atoms with van der Waals surface area (Å²) in [5, 5.41) is 3.67. The molecule has 0 saturated heterocycles. The van der Waals surface area contributed by atoms with Crippen molar-refractivity contribution in [2.75, 3.05) is 19.4 Å². The molecule has 1 amide bonds. The van der Waals surface area contributed by atoms with Gasteiger partial charge in [-0.15, -0.1) is 0 Å². The van der Waals surface area contributed by atoms with Crippen molar-refractivity contribution in [2.24, 2.45) is 11.8 Å². The average Bonchev–Trinajstić information content (AvgIpc) is 2.46. The van der Waals surface area contributed by atoms with Gasteiger partial charge in [0.15, 0.2) is 0 Å². The van der Waals surface area contributed by atoms with E-state index < -0.39 is 0 Å². The Balaban J connectivity index is 1.94. The standard InChI is InChI=1S/C18H28N2O/c1-13-6-5-7-17(14(13)2)19-16-10-8-15(9-11-16)12-18(21)20(3)4/h8-11,13-14,17,19H,5-7,12H2,1-4H3.